The molecule has 0 radical (unpaired) electrons. The topological polar surface area (TPSA) is 58.2 Å². The number of halogens is 4. The fraction of sp³-hybridized carbons (Fsp3) is 0.737. The lowest BCUT2D eigenvalue weighted by Crippen LogP contribution is -2.35. The molecule has 0 amide bonds. The molecule has 0 saturated heterocycles. The minimum Gasteiger partial charge on any atom is -0.281 e. The largest absolute Gasteiger partial charge is 0.428 e. The molecule has 0 spiro atoms. The van der Waals surface area contributed by atoms with E-state index in [1.807, 2.05) is 0 Å². The third-order valence-corrected chi connectivity index (χ3v) is 4.97. The average molecular weight is 431 g/mol. The van der Waals surface area contributed by atoms with Crippen LogP contribution in [0, 0.1) is 0 Å². The molecule has 4 nitrogen and oxygen atoms in total. The summed E-state index contributed by atoms with van der Waals surface area (Å²) >= 11 is 0. The van der Waals surface area contributed by atoms with Gasteiger partial charge in [0.25, 0.3) is 0 Å². The van der Waals surface area contributed by atoms with Crippen LogP contribution in [-0.4, -0.2) is 24.7 Å². The summed E-state index contributed by atoms with van der Waals surface area (Å²) in [5, 5.41) is -5.37. The van der Waals surface area contributed by atoms with E-state index in [1.165, 1.54) is 69.9 Å². The van der Waals surface area contributed by atoms with Gasteiger partial charge < -0.3 is 0 Å². The summed E-state index contributed by atoms with van der Waals surface area (Å²) in [7, 11) is -5.98. The summed E-state index contributed by atoms with van der Waals surface area (Å²) in [6.07, 6.45) is 12.2. The van der Waals surface area contributed by atoms with Crippen molar-refractivity contribution in [2.45, 2.75) is 89.9 Å². The molecule has 1 rings (SSSR count). The van der Waals surface area contributed by atoms with Gasteiger partial charge in [-0.2, -0.15) is 17.2 Å². The number of nitrogens with zero attached hydrogens (tertiary/aromatic N) is 1. The summed E-state index contributed by atoms with van der Waals surface area (Å²) in [6.45, 7) is 5.72. The third kappa shape index (κ3) is 10.9. The average Bonchev–Trinajstić information content (AvgIpc) is 2.62. The van der Waals surface area contributed by atoms with Crippen LogP contribution in [0.1, 0.15) is 70.8 Å². The zero-order valence-corrected chi connectivity index (χ0v) is 17.4. The van der Waals surface area contributed by atoms with Crippen molar-refractivity contribution in [3.05, 3.63) is 30.1 Å². The fourth-order valence-electron chi connectivity index (χ4n) is 2.43. The molecule has 1 aromatic rings. The summed E-state index contributed by atoms with van der Waals surface area (Å²) in [5.74, 6) is 0. The Hall–Kier alpha value is -1.22. The molecule has 164 valence electrons. The van der Waals surface area contributed by atoms with E-state index in [0.717, 1.165) is 0 Å². The van der Waals surface area contributed by atoms with E-state index in [2.05, 4.69) is 42.9 Å². The molecule has 0 aliphatic heterocycles. The Kier molecular flexibility index (Phi) is 13.3. The normalized spacial score (nSPS) is 12.0. The van der Waals surface area contributed by atoms with Crippen molar-refractivity contribution >= 4 is 10.1 Å². The molecule has 1 aromatic heterocycles. The molecule has 0 fully saturated rings. The first-order valence-corrected chi connectivity index (χ1v) is 11.1. The zero-order valence-electron chi connectivity index (χ0n) is 16.6. The Morgan fingerprint density at radius 3 is 2.11 bits per heavy atom. The molecular formula is C19H32F4NO3S+. The SMILES string of the molecule is CCCCCCCC[n+]1cccc(CCCC)c1.O=S(=O)(O)C(F)(F)C(F)F. The third-order valence-electron chi connectivity index (χ3n) is 4.11. The van der Waals surface area contributed by atoms with Crippen molar-refractivity contribution in [1.29, 1.82) is 0 Å². The second-order valence-electron chi connectivity index (χ2n) is 6.66. The Morgan fingerprint density at radius 2 is 1.61 bits per heavy atom. The van der Waals surface area contributed by atoms with Gasteiger partial charge in [0, 0.05) is 18.1 Å². The molecule has 28 heavy (non-hydrogen) atoms. The maximum Gasteiger partial charge on any atom is 0.428 e. The van der Waals surface area contributed by atoms with Crippen molar-refractivity contribution in [2.24, 2.45) is 0 Å². The van der Waals surface area contributed by atoms with Crippen LogP contribution < -0.4 is 4.57 Å². The van der Waals surface area contributed by atoms with Gasteiger partial charge in [-0.05, 0) is 25.3 Å². The van der Waals surface area contributed by atoms with E-state index in [1.54, 1.807) is 0 Å². The first-order chi connectivity index (χ1) is 13.1. The highest BCUT2D eigenvalue weighted by Gasteiger charge is 2.53. The van der Waals surface area contributed by atoms with Gasteiger partial charge in [-0.15, -0.1) is 0 Å². The highest BCUT2D eigenvalue weighted by atomic mass is 32.2. The lowest BCUT2D eigenvalue weighted by molar-refractivity contribution is -0.697. The molecule has 0 aromatic carbocycles. The van der Waals surface area contributed by atoms with E-state index < -0.39 is 21.8 Å². The molecule has 1 N–H and O–H groups in total. The summed E-state index contributed by atoms with van der Waals surface area (Å²) in [4.78, 5) is 0. The van der Waals surface area contributed by atoms with Crippen LogP contribution >= 0.6 is 0 Å². The predicted molar refractivity (Wildman–Crippen MR) is 101 cm³/mol. The Morgan fingerprint density at radius 1 is 1.04 bits per heavy atom. The van der Waals surface area contributed by atoms with Crippen LogP contribution in [0.15, 0.2) is 24.5 Å². The van der Waals surface area contributed by atoms with Crippen LogP contribution in [0.5, 0.6) is 0 Å². The maximum absolute atomic E-state index is 11.5. The van der Waals surface area contributed by atoms with Crippen LogP contribution in [0.25, 0.3) is 0 Å². The van der Waals surface area contributed by atoms with E-state index in [-0.39, 0.29) is 0 Å². The second-order valence-corrected chi connectivity index (χ2v) is 8.15. The van der Waals surface area contributed by atoms with Crippen LogP contribution in [0.4, 0.5) is 17.6 Å². The predicted octanol–water partition coefficient (Wildman–Crippen LogP) is 5.41. The number of rotatable bonds is 12. The van der Waals surface area contributed by atoms with Crippen LogP contribution in [0.3, 0.4) is 0 Å². The number of alkyl halides is 4. The van der Waals surface area contributed by atoms with Crippen LogP contribution in [-0.2, 0) is 23.1 Å². The number of pyridine rings is 1. The highest BCUT2D eigenvalue weighted by molar-refractivity contribution is 7.86. The zero-order chi connectivity index (χ0) is 21.6. The molecule has 0 bridgehead atoms. The first kappa shape index (κ1) is 26.8. The van der Waals surface area contributed by atoms with Crippen LogP contribution in [0.2, 0.25) is 0 Å². The minimum absolute atomic E-state index is 1.19. The van der Waals surface area contributed by atoms with Crippen molar-refractivity contribution in [3.63, 3.8) is 0 Å². The monoisotopic (exact) mass is 430 g/mol. The van der Waals surface area contributed by atoms with E-state index in [4.69, 9.17) is 4.55 Å². The molecule has 0 atom stereocenters. The summed E-state index contributed by atoms with van der Waals surface area (Å²) in [6, 6.07) is 4.45. The van der Waals surface area contributed by atoms with Gasteiger partial charge in [-0.1, -0.05) is 46.0 Å². The van der Waals surface area contributed by atoms with Gasteiger partial charge in [-0.3, -0.25) is 4.55 Å². The molecule has 0 saturated carbocycles. The number of unbranched alkanes of at least 4 members (excludes halogenated alkanes) is 6. The molecule has 0 unspecified atom stereocenters. The standard InChI is InChI=1S/C17H30N.C2H2F4O3S/c1-3-5-7-8-9-10-14-18-15-11-13-17(16-18)12-6-4-2;3-1(4)2(5,6)10(7,8)9/h11,13,15-16H,3-10,12,14H2,1-2H3;1H,(H,7,8,9)/q+1;. The number of hydrogen-bond donors (Lipinski definition) is 1. The number of aromatic nitrogens is 1. The minimum atomic E-state index is -5.98. The lowest BCUT2D eigenvalue weighted by Gasteiger charge is -2.09. The highest BCUT2D eigenvalue weighted by Crippen LogP contribution is 2.27. The van der Waals surface area contributed by atoms with E-state index >= 15 is 0 Å². The van der Waals surface area contributed by atoms with Crippen molar-refractivity contribution < 1.29 is 35.1 Å². The maximum atomic E-state index is 11.5. The Labute approximate surface area is 165 Å². The number of hydrogen-bond acceptors (Lipinski definition) is 2. The summed E-state index contributed by atoms with van der Waals surface area (Å²) < 4.78 is 73.6. The smallest absolute Gasteiger partial charge is 0.281 e. The lowest BCUT2D eigenvalue weighted by atomic mass is 10.1. The molecular weight excluding hydrogens is 398 g/mol. The molecule has 9 heteroatoms. The van der Waals surface area contributed by atoms with Gasteiger partial charge in [0.05, 0.1) is 0 Å². The van der Waals surface area contributed by atoms with Crippen molar-refractivity contribution in [1.82, 2.24) is 0 Å². The quantitative estimate of drug-likeness (QED) is 0.209. The Balaban J connectivity index is 0.000000621. The van der Waals surface area contributed by atoms with Gasteiger partial charge in [0.1, 0.15) is 6.54 Å². The fourth-order valence-corrected chi connectivity index (χ4v) is 2.66. The number of aryl methyl sites for hydroxylation is 2. The van der Waals surface area contributed by atoms with Crippen molar-refractivity contribution in [2.75, 3.05) is 0 Å². The van der Waals surface area contributed by atoms with Gasteiger partial charge in [0.15, 0.2) is 12.4 Å². The molecule has 0 aliphatic rings. The molecule has 0 aliphatic carbocycles. The second kappa shape index (κ2) is 13.9. The Bertz CT molecular complexity index is 640. The van der Waals surface area contributed by atoms with E-state index in [9.17, 15) is 26.0 Å². The van der Waals surface area contributed by atoms with Gasteiger partial charge >= 0.3 is 21.8 Å². The molecule has 1 heterocycles. The van der Waals surface area contributed by atoms with E-state index in [0.29, 0.717) is 0 Å². The van der Waals surface area contributed by atoms with Gasteiger partial charge in [-0.25, -0.2) is 13.3 Å². The van der Waals surface area contributed by atoms with Gasteiger partial charge in [0.2, 0.25) is 0 Å². The van der Waals surface area contributed by atoms with Crippen molar-refractivity contribution in [3.8, 4) is 0 Å². The first-order valence-electron chi connectivity index (χ1n) is 9.67. The summed E-state index contributed by atoms with van der Waals surface area (Å²) in [5.41, 5.74) is 1.49.